The Bertz CT molecular complexity index is 1020. The molecule has 0 aliphatic rings. The lowest BCUT2D eigenvalue weighted by atomic mass is 10.2. The molecule has 0 aliphatic heterocycles. The Balaban J connectivity index is 1.53. The van der Waals surface area contributed by atoms with Gasteiger partial charge in [0.15, 0.2) is 6.61 Å². The Morgan fingerprint density at radius 3 is 2.57 bits per heavy atom. The molecule has 0 radical (unpaired) electrons. The second-order valence-corrected chi connectivity index (χ2v) is 7.68. The van der Waals surface area contributed by atoms with Crippen molar-refractivity contribution < 1.29 is 23.9 Å². The number of nitrogens with zero attached hydrogens (tertiary/aromatic N) is 1. The number of nitrogens with one attached hydrogen (secondary N) is 1. The second-order valence-electron chi connectivity index (χ2n) is 5.95. The third kappa shape index (κ3) is 5.91. The maximum atomic E-state index is 12.4. The number of rotatable bonds is 8. The number of methoxy groups -OCH3 is 1. The fourth-order valence-corrected chi connectivity index (χ4v) is 4.01. The van der Waals surface area contributed by atoms with Gasteiger partial charge in [-0.15, -0.1) is 23.1 Å². The first-order valence-electron chi connectivity index (χ1n) is 8.81. The lowest BCUT2D eigenvalue weighted by Gasteiger charge is -2.09. The molecule has 30 heavy (non-hydrogen) atoms. The molecule has 0 fully saturated rings. The molecule has 0 spiro atoms. The monoisotopic (exact) mass is 442 g/mol. The van der Waals surface area contributed by atoms with Crippen LogP contribution >= 0.6 is 23.1 Å². The molecule has 154 valence electrons. The number of esters is 1. The van der Waals surface area contributed by atoms with E-state index in [1.165, 1.54) is 42.3 Å². The summed E-state index contributed by atoms with van der Waals surface area (Å²) < 4.78 is 10.1. The predicted octanol–water partition coefficient (Wildman–Crippen LogP) is 3.56. The van der Waals surface area contributed by atoms with Crippen LogP contribution in [0, 0.1) is 0 Å². The number of thiazole rings is 1. The molecule has 0 saturated carbocycles. The molecule has 1 heterocycles. The Morgan fingerprint density at radius 1 is 1.10 bits per heavy atom. The maximum Gasteiger partial charge on any atom is 0.339 e. The summed E-state index contributed by atoms with van der Waals surface area (Å²) in [4.78, 5) is 41.5. The predicted molar refractivity (Wildman–Crippen MR) is 114 cm³/mol. The summed E-state index contributed by atoms with van der Waals surface area (Å²) in [6.07, 6.45) is 0. The summed E-state index contributed by atoms with van der Waals surface area (Å²) in [7, 11) is 1.52. The molecule has 1 N–H and O–H groups in total. The largest absolute Gasteiger partial charge is 0.497 e. The third-order valence-electron chi connectivity index (χ3n) is 3.91. The van der Waals surface area contributed by atoms with Crippen LogP contribution in [0.4, 0.5) is 0 Å². The van der Waals surface area contributed by atoms with Crippen LogP contribution in [0.15, 0.2) is 64.3 Å². The number of ether oxygens (including phenoxy) is 2. The van der Waals surface area contributed by atoms with E-state index in [2.05, 4.69) is 10.3 Å². The highest BCUT2D eigenvalue weighted by molar-refractivity contribution is 7.98. The van der Waals surface area contributed by atoms with Crippen LogP contribution in [-0.2, 0) is 15.3 Å². The molecule has 0 atom stereocenters. The van der Waals surface area contributed by atoms with E-state index >= 15 is 0 Å². The van der Waals surface area contributed by atoms with Gasteiger partial charge in [0, 0.05) is 21.6 Å². The van der Waals surface area contributed by atoms with Crippen molar-refractivity contribution >= 4 is 40.9 Å². The molecule has 7 nitrogen and oxygen atoms in total. The van der Waals surface area contributed by atoms with E-state index in [0.717, 1.165) is 10.6 Å². The number of carbonyl (C=O) groups excluding carboxylic acids is 3. The van der Waals surface area contributed by atoms with Crippen molar-refractivity contribution in [2.75, 3.05) is 13.7 Å². The topological polar surface area (TPSA) is 94.6 Å². The van der Waals surface area contributed by atoms with E-state index in [-0.39, 0.29) is 0 Å². The van der Waals surface area contributed by atoms with Crippen molar-refractivity contribution in [2.24, 2.45) is 0 Å². The van der Waals surface area contributed by atoms with Gasteiger partial charge < -0.3 is 9.47 Å². The fraction of sp³-hybridized carbons (Fsp3) is 0.143. The number of hydrogen-bond acceptors (Lipinski definition) is 8. The molecular weight excluding hydrogens is 424 g/mol. The summed E-state index contributed by atoms with van der Waals surface area (Å²) in [5.74, 6) is -0.721. The zero-order chi connectivity index (χ0) is 21.3. The van der Waals surface area contributed by atoms with Crippen LogP contribution in [0.5, 0.6) is 5.75 Å². The Kier molecular flexibility index (Phi) is 7.58. The minimum atomic E-state index is -0.711. The van der Waals surface area contributed by atoms with Crippen molar-refractivity contribution in [1.82, 2.24) is 10.3 Å². The van der Waals surface area contributed by atoms with Gasteiger partial charge in [-0.1, -0.05) is 12.1 Å². The van der Waals surface area contributed by atoms with E-state index < -0.39 is 24.4 Å². The number of carbonyl (C=O) groups is 3. The van der Waals surface area contributed by atoms with Gasteiger partial charge >= 0.3 is 5.97 Å². The fourth-order valence-electron chi connectivity index (χ4n) is 2.41. The summed E-state index contributed by atoms with van der Waals surface area (Å²) in [6.45, 7) is -0.564. The van der Waals surface area contributed by atoms with E-state index in [4.69, 9.17) is 9.47 Å². The van der Waals surface area contributed by atoms with E-state index in [1.807, 2.05) is 11.4 Å². The zero-order valence-electron chi connectivity index (χ0n) is 16.0. The Morgan fingerprint density at radius 2 is 1.87 bits per heavy atom. The van der Waals surface area contributed by atoms with Crippen LogP contribution < -0.4 is 10.1 Å². The average Bonchev–Trinajstić information content (AvgIpc) is 3.30. The zero-order valence-corrected chi connectivity index (χ0v) is 17.6. The molecule has 0 unspecified atom stereocenters. The highest BCUT2D eigenvalue weighted by atomic mass is 32.2. The van der Waals surface area contributed by atoms with Crippen molar-refractivity contribution in [3.05, 3.63) is 76.2 Å². The van der Waals surface area contributed by atoms with Gasteiger partial charge in [0.25, 0.3) is 11.8 Å². The van der Waals surface area contributed by atoms with Gasteiger partial charge in [-0.25, -0.2) is 9.78 Å². The Hall–Kier alpha value is -3.17. The number of thioether (sulfide) groups is 1. The first-order valence-corrected chi connectivity index (χ1v) is 10.7. The quantitative estimate of drug-likeness (QED) is 0.421. The number of imide groups is 1. The number of aromatic nitrogens is 1. The standard InChI is InChI=1S/C21H18N2O5S2/c1-27-16-8-6-14(7-9-16)20(25)23-19(24)10-28-21(26)17-4-2-3-5-18(17)30-12-15-11-29-13-22-15/h2-9,11,13H,10,12H2,1H3,(H,23,24,25). The van der Waals surface area contributed by atoms with Crippen molar-refractivity contribution in [3.63, 3.8) is 0 Å². The van der Waals surface area contributed by atoms with Crippen LogP contribution in [0.3, 0.4) is 0 Å². The van der Waals surface area contributed by atoms with Crippen molar-refractivity contribution in [3.8, 4) is 5.75 Å². The second kappa shape index (κ2) is 10.6. The van der Waals surface area contributed by atoms with Gasteiger partial charge in [0.1, 0.15) is 5.75 Å². The van der Waals surface area contributed by atoms with Gasteiger partial charge in [-0.05, 0) is 36.4 Å². The normalized spacial score (nSPS) is 10.3. The molecule has 1 aromatic heterocycles. The van der Waals surface area contributed by atoms with Gasteiger partial charge in [0.2, 0.25) is 0 Å². The highest BCUT2D eigenvalue weighted by Crippen LogP contribution is 2.26. The molecule has 2 amide bonds. The lowest BCUT2D eigenvalue weighted by Crippen LogP contribution is -2.34. The average molecular weight is 443 g/mol. The van der Waals surface area contributed by atoms with Gasteiger partial charge in [-0.2, -0.15) is 0 Å². The number of hydrogen-bond donors (Lipinski definition) is 1. The van der Waals surface area contributed by atoms with Crippen LogP contribution in [-0.4, -0.2) is 36.5 Å². The first kappa shape index (κ1) is 21.5. The van der Waals surface area contributed by atoms with Crippen molar-refractivity contribution in [1.29, 1.82) is 0 Å². The third-order valence-corrected chi connectivity index (χ3v) is 5.65. The Labute approximate surface area is 181 Å². The molecule has 3 rings (SSSR count). The summed E-state index contributed by atoms with van der Waals surface area (Å²) in [6, 6.07) is 13.3. The molecule has 0 bridgehead atoms. The molecule has 9 heteroatoms. The van der Waals surface area contributed by atoms with E-state index in [0.29, 0.717) is 22.6 Å². The molecule has 2 aromatic carbocycles. The van der Waals surface area contributed by atoms with E-state index in [9.17, 15) is 14.4 Å². The van der Waals surface area contributed by atoms with Gasteiger partial charge in [0.05, 0.1) is 23.9 Å². The SMILES string of the molecule is COc1ccc(C(=O)NC(=O)COC(=O)c2ccccc2SCc2cscn2)cc1. The molecule has 0 aliphatic carbocycles. The van der Waals surface area contributed by atoms with Crippen LogP contribution in [0.2, 0.25) is 0 Å². The van der Waals surface area contributed by atoms with Crippen LogP contribution in [0.25, 0.3) is 0 Å². The maximum absolute atomic E-state index is 12.4. The molecule has 0 saturated heterocycles. The van der Waals surface area contributed by atoms with Crippen LogP contribution in [0.1, 0.15) is 26.4 Å². The summed E-state index contributed by atoms with van der Waals surface area (Å²) >= 11 is 2.96. The summed E-state index contributed by atoms with van der Waals surface area (Å²) in [5.41, 5.74) is 3.32. The summed E-state index contributed by atoms with van der Waals surface area (Å²) in [5, 5.41) is 4.13. The minimum absolute atomic E-state index is 0.291. The molecule has 3 aromatic rings. The van der Waals surface area contributed by atoms with Gasteiger partial charge in [-0.3, -0.25) is 14.9 Å². The van der Waals surface area contributed by atoms with E-state index in [1.54, 1.807) is 35.8 Å². The number of benzene rings is 2. The highest BCUT2D eigenvalue weighted by Gasteiger charge is 2.16. The minimum Gasteiger partial charge on any atom is -0.497 e. The first-order chi connectivity index (χ1) is 14.6. The smallest absolute Gasteiger partial charge is 0.339 e. The lowest BCUT2D eigenvalue weighted by molar-refractivity contribution is -0.123. The molecular formula is C21H18N2O5S2. The van der Waals surface area contributed by atoms with Crippen molar-refractivity contribution in [2.45, 2.75) is 10.6 Å². The number of amides is 2.